The first-order chi connectivity index (χ1) is 14.6. The van der Waals surface area contributed by atoms with E-state index >= 15 is 0 Å². The molecule has 0 saturated carbocycles. The van der Waals surface area contributed by atoms with Crippen molar-refractivity contribution in [2.45, 2.75) is 33.3 Å². The maximum Gasteiger partial charge on any atom is 0.128 e. The lowest BCUT2D eigenvalue weighted by Gasteiger charge is -2.22. The summed E-state index contributed by atoms with van der Waals surface area (Å²) in [4.78, 5) is 15.9. The molecule has 2 N–H and O–H groups in total. The summed E-state index contributed by atoms with van der Waals surface area (Å²) in [5.74, 6) is 3.21. The zero-order chi connectivity index (χ0) is 20.4. The summed E-state index contributed by atoms with van der Waals surface area (Å²) >= 11 is 0. The molecule has 6 rings (SSSR count). The van der Waals surface area contributed by atoms with E-state index in [4.69, 9.17) is 9.72 Å². The highest BCUT2D eigenvalue weighted by Gasteiger charge is 2.20. The number of ether oxygens (including phenoxy) is 1. The number of hydrogen-bond donors (Lipinski definition) is 2. The van der Waals surface area contributed by atoms with E-state index in [0.29, 0.717) is 12.5 Å². The Labute approximate surface area is 174 Å². The second kappa shape index (κ2) is 6.20. The van der Waals surface area contributed by atoms with Crippen LogP contribution in [-0.2, 0) is 6.61 Å². The van der Waals surface area contributed by atoms with Crippen LogP contribution in [0.5, 0.6) is 5.75 Å². The van der Waals surface area contributed by atoms with E-state index in [9.17, 15) is 0 Å². The fraction of sp³-hybridized carbons (Fsp3) is 0.200. The van der Waals surface area contributed by atoms with Crippen LogP contribution in [-0.4, -0.2) is 19.9 Å². The highest BCUT2D eigenvalue weighted by atomic mass is 16.5. The summed E-state index contributed by atoms with van der Waals surface area (Å²) in [6, 6.07) is 15.2. The molecule has 0 atom stereocenters. The molecule has 1 aliphatic rings. The SMILES string of the molecule is Cc1ncc(-c2ccc3c(c2)COc2cc4c(ccc5[nH]c(C(C)C)nc54)cc2-3)[nH]1. The van der Waals surface area contributed by atoms with Gasteiger partial charge in [0.2, 0.25) is 0 Å². The Bertz CT molecular complexity index is 1440. The van der Waals surface area contributed by atoms with Gasteiger partial charge in [0.15, 0.2) is 0 Å². The third-order valence-electron chi connectivity index (χ3n) is 5.93. The molecule has 3 aromatic carbocycles. The van der Waals surface area contributed by atoms with Crippen molar-refractivity contribution in [3.63, 3.8) is 0 Å². The predicted molar refractivity (Wildman–Crippen MR) is 120 cm³/mol. The average Bonchev–Trinajstić information content (AvgIpc) is 3.38. The van der Waals surface area contributed by atoms with Crippen LogP contribution in [0.2, 0.25) is 0 Å². The number of fused-ring (bicyclic) bond motifs is 6. The molecule has 0 saturated heterocycles. The van der Waals surface area contributed by atoms with E-state index in [1.807, 2.05) is 13.1 Å². The van der Waals surface area contributed by atoms with Crippen molar-refractivity contribution in [3.05, 3.63) is 65.9 Å². The molecule has 5 nitrogen and oxygen atoms in total. The predicted octanol–water partition coefficient (Wildman–Crippen LogP) is 6.10. The minimum Gasteiger partial charge on any atom is -0.488 e. The van der Waals surface area contributed by atoms with Gasteiger partial charge in [0, 0.05) is 16.9 Å². The Balaban J connectivity index is 1.51. The topological polar surface area (TPSA) is 66.6 Å². The molecule has 0 bridgehead atoms. The Morgan fingerprint density at radius 2 is 1.90 bits per heavy atom. The normalized spacial score (nSPS) is 12.9. The van der Waals surface area contributed by atoms with E-state index < -0.39 is 0 Å². The first kappa shape index (κ1) is 17.3. The van der Waals surface area contributed by atoms with Crippen LogP contribution in [0.4, 0.5) is 0 Å². The number of aromatic amines is 2. The van der Waals surface area contributed by atoms with Gasteiger partial charge in [0.05, 0.1) is 22.9 Å². The van der Waals surface area contributed by atoms with Crippen molar-refractivity contribution < 1.29 is 4.74 Å². The molecule has 3 heterocycles. The third-order valence-corrected chi connectivity index (χ3v) is 5.93. The lowest BCUT2D eigenvalue weighted by atomic mass is 9.92. The van der Waals surface area contributed by atoms with Crippen LogP contribution in [0.25, 0.3) is 44.2 Å². The Kier molecular flexibility index (Phi) is 3.57. The molecule has 0 spiro atoms. The summed E-state index contributed by atoms with van der Waals surface area (Å²) in [6.45, 7) is 6.83. The van der Waals surface area contributed by atoms with Gasteiger partial charge in [-0.3, -0.25) is 0 Å². The van der Waals surface area contributed by atoms with Gasteiger partial charge < -0.3 is 14.7 Å². The molecular weight excluding hydrogens is 372 g/mol. The van der Waals surface area contributed by atoms with E-state index in [-0.39, 0.29) is 0 Å². The molecule has 0 radical (unpaired) electrons. The van der Waals surface area contributed by atoms with Crippen LogP contribution < -0.4 is 4.74 Å². The summed E-state index contributed by atoms with van der Waals surface area (Å²) in [5.41, 5.74) is 7.79. The number of imidazole rings is 2. The largest absolute Gasteiger partial charge is 0.488 e. The summed E-state index contributed by atoms with van der Waals surface area (Å²) in [5, 5.41) is 2.30. The highest BCUT2D eigenvalue weighted by Crippen LogP contribution is 2.42. The summed E-state index contributed by atoms with van der Waals surface area (Å²) in [6.07, 6.45) is 1.88. The molecule has 148 valence electrons. The highest BCUT2D eigenvalue weighted by molar-refractivity contribution is 6.07. The van der Waals surface area contributed by atoms with Gasteiger partial charge >= 0.3 is 0 Å². The molecule has 30 heavy (non-hydrogen) atoms. The van der Waals surface area contributed by atoms with Gasteiger partial charge in [0.25, 0.3) is 0 Å². The smallest absolute Gasteiger partial charge is 0.128 e. The Morgan fingerprint density at radius 3 is 2.70 bits per heavy atom. The molecule has 0 amide bonds. The van der Waals surface area contributed by atoms with Crippen molar-refractivity contribution in [2.75, 3.05) is 0 Å². The van der Waals surface area contributed by atoms with Gasteiger partial charge in [-0.2, -0.15) is 0 Å². The number of aryl methyl sites for hydroxylation is 1. The molecule has 5 heteroatoms. The number of nitrogens with one attached hydrogen (secondary N) is 2. The van der Waals surface area contributed by atoms with Gasteiger partial charge in [-0.1, -0.05) is 32.0 Å². The van der Waals surface area contributed by atoms with E-state index in [0.717, 1.165) is 50.6 Å². The van der Waals surface area contributed by atoms with E-state index in [1.54, 1.807) is 0 Å². The zero-order valence-corrected chi connectivity index (χ0v) is 17.2. The van der Waals surface area contributed by atoms with Crippen molar-refractivity contribution in [3.8, 4) is 28.1 Å². The lowest BCUT2D eigenvalue weighted by molar-refractivity contribution is 0.303. The Morgan fingerprint density at radius 1 is 1.00 bits per heavy atom. The number of nitrogens with zero attached hydrogens (tertiary/aromatic N) is 2. The fourth-order valence-corrected chi connectivity index (χ4v) is 4.31. The standard InChI is InChI=1S/C25H22N4O/c1-13(2)25-28-21-7-5-15-9-20-18-6-4-16(22-11-26-14(3)27-22)8-17(18)12-30-23(20)10-19(15)24(21)29-25/h4-11,13H,12H2,1-3H3,(H,26,27)(H,28,29). The van der Waals surface area contributed by atoms with Gasteiger partial charge in [0.1, 0.15) is 24.0 Å². The molecule has 1 aliphatic heterocycles. The van der Waals surface area contributed by atoms with Crippen molar-refractivity contribution in [2.24, 2.45) is 0 Å². The minimum absolute atomic E-state index is 0.362. The first-order valence-corrected chi connectivity index (χ1v) is 10.3. The third kappa shape index (κ3) is 2.55. The summed E-state index contributed by atoms with van der Waals surface area (Å²) < 4.78 is 6.19. The number of benzene rings is 3. The Hall–Kier alpha value is -3.60. The maximum absolute atomic E-state index is 6.19. The fourth-order valence-electron chi connectivity index (χ4n) is 4.31. The second-order valence-electron chi connectivity index (χ2n) is 8.35. The van der Waals surface area contributed by atoms with Crippen LogP contribution in [0.15, 0.2) is 48.7 Å². The zero-order valence-electron chi connectivity index (χ0n) is 17.2. The van der Waals surface area contributed by atoms with Crippen LogP contribution >= 0.6 is 0 Å². The molecule has 0 aliphatic carbocycles. The van der Waals surface area contributed by atoms with Crippen LogP contribution in [0.3, 0.4) is 0 Å². The monoisotopic (exact) mass is 394 g/mol. The maximum atomic E-state index is 6.19. The average molecular weight is 394 g/mol. The quantitative estimate of drug-likeness (QED) is 0.380. The summed E-state index contributed by atoms with van der Waals surface area (Å²) in [7, 11) is 0. The van der Waals surface area contributed by atoms with Crippen LogP contribution in [0, 0.1) is 6.92 Å². The van der Waals surface area contributed by atoms with E-state index in [2.05, 4.69) is 71.3 Å². The number of aromatic nitrogens is 4. The van der Waals surface area contributed by atoms with Crippen molar-refractivity contribution in [1.82, 2.24) is 19.9 Å². The lowest BCUT2D eigenvalue weighted by Crippen LogP contribution is -2.05. The molecule has 2 aromatic heterocycles. The van der Waals surface area contributed by atoms with Gasteiger partial charge in [-0.05, 0) is 53.3 Å². The van der Waals surface area contributed by atoms with Gasteiger partial charge in [-0.25, -0.2) is 9.97 Å². The van der Waals surface area contributed by atoms with E-state index in [1.165, 1.54) is 16.5 Å². The second-order valence-corrected chi connectivity index (χ2v) is 8.35. The molecule has 0 unspecified atom stereocenters. The number of rotatable bonds is 2. The molecule has 5 aromatic rings. The first-order valence-electron chi connectivity index (χ1n) is 10.3. The minimum atomic E-state index is 0.362. The molecular formula is C25H22N4O. The molecule has 0 fully saturated rings. The van der Waals surface area contributed by atoms with Crippen molar-refractivity contribution in [1.29, 1.82) is 0 Å². The number of H-pyrrole nitrogens is 2. The van der Waals surface area contributed by atoms with Gasteiger partial charge in [-0.15, -0.1) is 0 Å². The number of hydrogen-bond acceptors (Lipinski definition) is 3. The van der Waals surface area contributed by atoms with Crippen molar-refractivity contribution >= 4 is 21.8 Å². The van der Waals surface area contributed by atoms with Crippen LogP contribution in [0.1, 0.15) is 37.0 Å².